The Morgan fingerprint density at radius 3 is 2.88 bits per heavy atom. The Balaban J connectivity index is 2.37. The van der Waals surface area contributed by atoms with E-state index in [1.54, 1.807) is 0 Å². The van der Waals surface area contributed by atoms with Crippen LogP contribution in [0.1, 0.15) is 38.0 Å². The SMILES string of the molecule is CCCOCc1nc(C(N)COCC)no1. The molecular formula is C10H19N3O3. The molecule has 0 aliphatic carbocycles. The molecular weight excluding hydrogens is 210 g/mol. The molecule has 6 heteroatoms. The third-order valence-electron chi connectivity index (χ3n) is 1.89. The van der Waals surface area contributed by atoms with Crippen molar-refractivity contribution in [1.29, 1.82) is 0 Å². The van der Waals surface area contributed by atoms with Gasteiger partial charge in [-0.25, -0.2) is 0 Å². The van der Waals surface area contributed by atoms with E-state index in [4.69, 9.17) is 19.7 Å². The molecule has 0 aliphatic rings. The Hall–Kier alpha value is -0.980. The van der Waals surface area contributed by atoms with Crippen LogP contribution in [0.15, 0.2) is 4.52 Å². The maximum atomic E-state index is 5.80. The minimum atomic E-state index is -0.344. The van der Waals surface area contributed by atoms with Crippen molar-refractivity contribution in [3.05, 3.63) is 11.7 Å². The number of ether oxygens (including phenoxy) is 2. The van der Waals surface area contributed by atoms with E-state index in [0.29, 0.717) is 38.1 Å². The number of rotatable bonds is 8. The van der Waals surface area contributed by atoms with Gasteiger partial charge in [-0.05, 0) is 13.3 Å². The van der Waals surface area contributed by atoms with Gasteiger partial charge in [-0.15, -0.1) is 0 Å². The van der Waals surface area contributed by atoms with Crippen molar-refractivity contribution in [2.45, 2.75) is 32.9 Å². The van der Waals surface area contributed by atoms with Crippen LogP contribution in [0, 0.1) is 0 Å². The Labute approximate surface area is 95.1 Å². The van der Waals surface area contributed by atoms with Crippen LogP contribution in [-0.4, -0.2) is 30.0 Å². The molecule has 1 rings (SSSR count). The first-order chi connectivity index (χ1) is 7.77. The Morgan fingerprint density at radius 1 is 1.38 bits per heavy atom. The van der Waals surface area contributed by atoms with E-state index in [1.165, 1.54) is 0 Å². The fourth-order valence-electron chi connectivity index (χ4n) is 1.10. The van der Waals surface area contributed by atoms with E-state index in [9.17, 15) is 0 Å². The van der Waals surface area contributed by atoms with Gasteiger partial charge in [0.2, 0.25) is 0 Å². The molecule has 16 heavy (non-hydrogen) atoms. The molecule has 92 valence electrons. The largest absolute Gasteiger partial charge is 0.380 e. The van der Waals surface area contributed by atoms with Gasteiger partial charge in [-0.1, -0.05) is 12.1 Å². The van der Waals surface area contributed by atoms with E-state index < -0.39 is 0 Å². The topological polar surface area (TPSA) is 83.4 Å². The predicted molar refractivity (Wildman–Crippen MR) is 57.7 cm³/mol. The second-order valence-electron chi connectivity index (χ2n) is 3.36. The summed E-state index contributed by atoms with van der Waals surface area (Å²) in [5, 5.41) is 3.78. The Kier molecular flexibility index (Phi) is 5.99. The summed E-state index contributed by atoms with van der Waals surface area (Å²) < 4.78 is 15.4. The lowest BCUT2D eigenvalue weighted by atomic mass is 10.3. The quantitative estimate of drug-likeness (QED) is 0.670. The van der Waals surface area contributed by atoms with Crippen LogP contribution in [0.2, 0.25) is 0 Å². The van der Waals surface area contributed by atoms with Crippen LogP contribution < -0.4 is 5.73 Å². The molecule has 0 saturated heterocycles. The van der Waals surface area contributed by atoms with Crippen LogP contribution in [0.3, 0.4) is 0 Å². The van der Waals surface area contributed by atoms with Crippen molar-refractivity contribution < 1.29 is 14.0 Å². The van der Waals surface area contributed by atoms with Gasteiger partial charge in [0.25, 0.3) is 5.89 Å². The van der Waals surface area contributed by atoms with Crippen molar-refractivity contribution in [3.8, 4) is 0 Å². The summed E-state index contributed by atoms with van der Waals surface area (Å²) in [6.07, 6.45) is 0.963. The summed E-state index contributed by atoms with van der Waals surface area (Å²) in [6, 6.07) is -0.344. The molecule has 1 atom stereocenters. The van der Waals surface area contributed by atoms with Gasteiger partial charge >= 0.3 is 0 Å². The zero-order valence-electron chi connectivity index (χ0n) is 9.81. The minimum absolute atomic E-state index is 0.336. The fourth-order valence-corrected chi connectivity index (χ4v) is 1.10. The molecule has 0 aromatic carbocycles. The first-order valence-electron chi connectivity index (χ1n) is 5.51. The third-order valence-corrected chi connectivity index (χ3v) is 1.89. The highest BCUT2D eigenvalue weighted by Crippen LogP contribution is 2.07. The molecule has 0 radical (unpaired) electrons. The molecule has 1 aromatic heterocycles. The van der Waals surface area contributed by atoms with Crippen molar-refractivity contribution in [2.24, 2.45) is 5.73 Å². The standard InChI is InChI=1S/C10H19N3O3/c1-3-5-15-7-9-12-10(13-16-9)8(11)6-14-4-2/h8H,3-7,11H2,1-2H3. The zero-order chi connectivity index (χ0) is 11.8. The smallest absolute Gasteiger partial charge is 0.252 e. The molecule has 6 nitrogen and oxygen atoms in total. The monoisotopic (exact) mass is 229 g/mol. The number of aromatic nitrogens is 2. The average Bonchev–Trinajstić information content (AvgIpc) is 2.75. The number of nitrogens with zero attached hydrogens (tertiary/aromatic N) is 2. The van der Waals surface area contributed by atoms with Crippen molar-refractivity contribution in [2.75, 3.05) is 19.8 Å². The normalized spacial score (nSPS) is 12.9. The van der Waals surface area contributed by atoms with Crippen LogP contribution in [-0.2, 0) is 16.1 Å². The summed E-state index contributed by atoms with van der Waals surface area (Å²) in [5.41, 5.74) is 5.80. The predicted octanol–water partition coefficient (Wildman–Crippen LogP) is 1.03. The van der Waals surface area contributed by atoms with Crippen molar-refractivity contribution in [1.82, 2.24) is 10.1 Å². The minimum Gasteiger partial charge on any atom is -0.380 e. The van der Waals surface area contributed by atoms with E-state index >= 15 is 0 Å². The molecule has 0 saturated carbocycles. The average molecular weight is 229 g/mol. The van der Waals surface area contributed by atoms with Crippen molar-refractivity contribution >= 4 is 0 Å². The first kappa shape index (κ1) is 13.1. The second-order valence-corrected chi connectivity index (χ2v) is 3.36. The highest BCUT2D eigenvalue weighted by Gasteiger charge is 2.14. The molecule has 1 heterocycles. The summed E-state index contributed by atoms with van der Waals surface area (Å²) in [4.78, 5) is 4.13. The number of nitrogens with two attached hydrogens (primary N) is 1. The number of hydrogen-bond acceptors (Lipinski definition) is 6. The van der Waals surface area contributed by atoms with E-state index in [-0.39, 0.29) is 6.04 Å². The Morgan fingerprint density at radius 2 is 2.19 bits per heavy atom. The lowest BCUT2D eigenvalue weighted by Crippen LogP contribution is -2.18. The molecule has 0 aliphatic heterocycles. The van der Waals surface area contributed by atoms with Crippen LogP contribution in [0.25, 0.3) is 0 Å². The molecule has 2 N–H and O–H groups in total. The summed E-state index contributed by atoms with van der Waals surface area (Å²) in [7, 11) is 0. The lowest BCUT2D eigenvalue weighted by Gasteiger charge is -2.05. The van der Waals surface area contributed by atoms with Gasteiger partial charge in [-0.3, -0.25) is 0 Å². The van der Waals surface area contributed by atoms with Crippen LogP contribution >= 0.6 is 0 Å². The molecule has 0 amide bonds. The van der Waals surface area contributed by atoms with Gasteiger partial charge in [-0.2, -0.15) is 4.98 Å². The molecule has 0 fully saturated rings. The molecule has 0 spiro atoms. The van der Waals surface area contributed by atoms with E-state index in [1.807, 2.05) is 13.8 Å². The highest BCUT2D eigenvalue weighted by molar-refractivity contribution is 4.92. The second kappa shape index (κ2) is 7.32. The maximum absolute atomic E-state index is 5.80. The van der Waals surface area contributed by atoms with Gasteiger partial charge in [0.15, 0.2) is 5.82 Å². The van der Waals surface area contributed by atoms with Gasteiger partial charge in [0.05, 0.1) is 12.6 Å². The van der Waals surface area contributed by atoms with Gasteiger partial charge in [0, 0.05) is 13.2 Å². The first-order valence-corrected chi connectivity index (χ1v) is 5.51. The molecule has 0 bridgehead atoms. The van der Waals surface area contributed by atoms with Gasteiger partial charge < -0.3 is 19.7 Å². The maximum Gasteiger partial charge on any atom is 0.252 e. The number of hydrogen-bond donors (Lipinski definition) is 1. The van der Waals surface area contributed by atoms with E-state index in [0.717, 1.165) is 6.42 Å². The van der Waals surface area contributed by atoms with E-state index in [2.05, 4.69) is 10.1 Å². The third kappa shape index (κ3) is 4.26. The Bertz CT molecular complexity index is 291. The molecule has 1 aromatic rings. The van der Waals surface area contributed by atoms with Crippen LogP contribution in [0.5, 0.6) is 0 Å². The van der Waals surface area contributed by atoms with Crippen molar-refractivity contribution in [3.63, 3.8) is 0 Å². The summed E-state index contributed by atoms with van der Waals surface area (Å²) in [6.45, 7) is 5.98. The highest BCUT2D eigenvalue weighted by atomic mass is 16.5. The van der Waals surface area contributed by atoms with Gasteiger partial charge in [0.1, 0.15) is 6.61 Å². The summed E-state index contributed by atoms with van der Waals surface area (Å²) >= 11 is 0. The molecule has 1 unspecified atom stereocenters. The lowest BCUT2D eigenvalue weighted by molar-refractivity contribution is 0.0981. The fraction of sp³-hybridized carbons (Fsp3) is 0.800. The summed E-state index contributed by atoms with van der Waals surface area (Å²) in [5.74, 6) is 0.916. The van der Waals surface area contributed by atoms with Crippen LogP contribution in [0.4, 0.5) is 0 Å². The zero-order valence-corrected chi connectivity index (χ0v) is 9.81.